The van der Waals surface area contributed by atoms with E-state index >= 15 is 0 Å². The zero-order chi connectivity index (χ0) is 15.9. The van der Waals surface area contributed by atoms with E-state index in [1.54, 1.807) is 12.3 Å². The lowest BCUT2D eigenvalue weighted by Crippen LogP contribution is -2.19. The second-order valence-electron chi connectivity index (χ2n) is 4.96. The number of ether oxygens (including phenoxy) is 1. The van der Waals surface area contributed by atoms with Crippen molar-refractivity contribution < 1.29 is 27.8 Å². The van der Waals surface area contributed by atoms with Crippen LogP contribution >= 0.6 is 0 Å². The summed E-state index contributed by atoms with van der Waals surface area (Å²) in [4.78, 5) is 14.7. The number of aryl methyl sites for hydroxylation is 1. The van der Waals surface area contributed by atoms with E-state index in [0.29, 0.717) is 29.7 Å². The Morgan fingerprint density at radius 3 is 2.86 bits per heavy atom. The maximum atomic E-state index is 12.8. The van der Waals surface area contributed by atoms with Crippen LogP contribution in [0.1, 0.15) is 11.1 Å². The zero-order valence-electron chi connectivity index (χ0n) is 11.2. The average Bonchev–Trinajstić information content (AvgIpc) is 2.74. The van der Waals surface area contributed by atoms with Gasteiger partial charge in [0.2, 0.25) is 0 Å². The summed E-state index contributed by atoms with van der Waals surface area (Å²) in [6, 6.07) is 1.63. The minimum atomic E-state index is -4.42. The van der Waals surface area contributed by atoms with Gasteiger partial charge >= 0.3 is 12.3 Å². The molecule has 0 saturated carbocycles. The largest absolute Gasteiger partial charge is 0.511 e. The molecule has 2 heterocycles. The van der Waals surface area contributed by atoms with Gasteiger partial charge in [-0.25, -0.2) is 4.79 Å². The zero-order valence-corrected chi connectivity index (χ0v) is 11.2. The molecule has 0 spiro atoms. The molecule has 0 unspecified atom stereocenters. The van der Waals surface area contributed by atoms with Gasteiger partial charge < -0.3 is 14.4 Å². The van der Waals surface area contributed by atoms with Crippen LogP contribution in [0.4, 0.5) is 18.0 Å². The molecule has 0 fully saturated rings. The molecule has 1 aliphatic carbocycles. The predicted molar refractivity (Wildman–Crippen MR) is 69.8 cm³/mol. The summed E-state index contributed by atoms with van der Waals surface area (Å²) in [5, 5.41) is 8.74. The number of pyridine rings is 1. The maximum Gasteiger partial charge on any atom is 0.511 e. The Kier molecular flexibility index (Phi) is 3.31. The number of carbonyl (C=O) groups is 1. The van der Waals surface area contributed by atoms with Crippen LogP contribution in [-0.4, -0.2) is 27.0 Å². The number of aromatic nitrogens is 2. The van der Waals surface area contributed by atoms with Gasteiger partial charge in [0.1, 0.15) is 6.54 Å². The van der Waals surface area contributed by atoms with Gasteiger partial charge in [-0.3, -0.25) is 4.98 Å². The SMILES string of the molecule is O=C(O)Oc1cn(CC(F)(F)F)c2c1CCc1cnccc1-2. The molecule has 22 heavy (non-hydrogen) atoms. The average molecular weight is 312 g/mol. The molecule has 2 aromatic heterocycles. The van der Waals surface area contributed by atoms with Crippen molar-refractivity contribution >= 4 is 6.16 Å². The second kappa shape index (κ2) is 5.04. The van der Waals surface area contributed by atoms with Crippen LogP contribution in [0.25, 0.3) is 11.3 Å². The van der Waals surface area contributed by atoms with Crippen molar-refractivity contribution in [1.29, 1.82) is 0 Å². The fourth-order valence-corrected chi connectivity index (χ4v) is 2.75. The van der Waals surface area contributed by atoms with Gasteiger partial charge in [-0.1, -0.05) is 0 Å². The Hall–Kier alpha value is -2.51. The van der Waals surface area contributed by atoms with E-state index in [1.165, 1.54) is 6.20 Å². The van der Waals surface area contributed by atoms with E-state index in [0.717, 1.165) is 16.3 Å². The van der Waals surface area contributed by atoms with Gasteiger partial charge in [-0.2, -0.15) is 13.2 Å². The number of nitrogens with zero attached hydrogens (tertiary/aromatic N) is 2. The summed E-state index contributed by atoms with van der Waals surface area (Å²) < 4.78 is 43.9. The molecule has 0 saturated heterocycles. The summed E-state index contributed by atoms with van der Waals surface area (Å²) in [7, 11) is 0. The third-order valence-electron chi connectivity index (χ3n) is 3.49. The standard InChI is InChI=1S/C14H11F3N2O3/c15-14(16,17)7-19-6-11(22-13(20)21)10-2-1-8-5-18-4-3-9(8)12(10)19/h3-6H,1-2,7H2,(H,20,21). The molecular formula is C14H11F3N2O3. The van der Waals surface area contributed by atoms with Crippen LogP contribution < -0.4 is 4.74 Å². The predicted octanol–water partition coefficient (Wildman–Crippen LogP) is 3.27. The number of carboxylic acid groups (broad SMARTS) is 1. The van der Waals surface area contributed by atoms with Crippen molar-refractivity contribution in [2.24, 2.45) is 0 Å². The first kappa shape index (κ1) is 14.4. The first-order valence-electron chi connectivity index (χ1n) is 6.48. The Bertz CT molecular complexity index is 737. The van der Waals surface area contributed by atoms with Gasteiger partial charge in [-0.05, 0) is 24.5 Å². The fourth-order valence-electron chi connectivity index (χ4n) is 2.75. The lowest BCUT2D eigenvalue weighted by molar-refractivity contribution is -0.140. The van der Waals surface area contributed by atoms with E-state index < -0.39 is 18.9 Å². The first-order valence-corrected chi connectivity index (χ1v) is 6.48. The molecule has 2 aromatic rings. The number of fused-ring (bicyclic) bond motifs is 3. The molecule has 1 aliphatic rings. The molecule has 3 rings (SSSR count). The topological polar surface area (TPSA) is 64.3 Å². The van der Waals surface area contributed by atoms with Gasteiger partial charge in [0.15, 0.2) is 5.75 Å². The first-order chi connectivity index (χ1) is 10.3. The van der Waals surface area contributed by atoms with E-state index in [-0.39, 0.29) is 5.75 Å². The molecule has 116 valence electrons. The summed E-state index contributed by atoms with van der Waals surface area (Å²) in [5.74, 6) is -0.0470. The molecule has 0 bridgehead atoms. The monoisotopic (exact) mass is 312 g/mol. The molecule has 0 amide bonds. The highest BCUT2D eigenvalue weighted by atomic mass is 19.4. The van der Waals surface area contributed by atoms with E-state index in [4.69, 9.17) is 5.11 Å². The molecule has 0 aromatic carbocycles. The lowest BCUT2D eigenvalue weighted by Gasteiger charge is -2.19. The van der Waals surface area contributed by atoms with Crippen LogP contribution in [0, 0.1) is 0 Å². The molecule has 5 nitrogen and oxygen atoms in total. The van der Waals surface area contributed by atoms with Gasteiger partial charge in [-0.15, -0.1) is 0 Å². The van der Waals surface area contributed by atoms with Crippen molar-refractivity contribution in [2.75, 3.05) is 0 Å². The number of hydrogen-bond acceptors (Lipinski definition) is 3. The quantitative estimate of drug-likeness (QED) is 0.864. The van der Waals surface area contributed by atoms with Crippen molar-refractivity contribution in [3.05, 3.63) is 35.8 Å². The smallest absolute Gasteiger partial charge is 0.449 e. The summed E-state index contributed by atoms with van der Waals surface area (Å²) in [6.45, 7) is -1.21. The molecule has 1 N–H and O–H groups in total. The fraction of sp³-hybridized carbons (Fsp3) is 0.286. The highest BCUT2D eigenvalue weighted by Crippen LogP contribution is 2.40. The Morgan fingerprint density at radius 2 is 2.18 bits per heavy atom. The van der Waals surface area contributed by atoms with E-state index in [2.05, 4.69) is 9.72 Å². The maximum absolute atomic E-state index is 12.8. The van der Waals surface area contributed by atoms with Crippen LogP contribution in [0.5, 0.6) is 5.75 Å². The molecular weight excluding hydrogens is 301 g/mol. The number of rotatable bonds is 2. The van der Waals surface area contributed by atoms with Crippen LogP contribution in [-0.2, 0) is 19.4 Å². The molecule has 0 radical (unpaired) electrons. The Balaban J connectivity index is 2.16. The highest BCUT2D eigenvalue weighted by Gasteiger charge is 2.33. The minimum absolute atomic E-state index is 0.0470. The highest BCUT2D eigenvalue weighted by molar-refractivity contribution is 5.74. The van der Waals surface area contributed by atoms with Crippen molar-refractivity contribution in [2.45, 2.75) is 25.6 Å². The molecule has 0 atom stereocenters. The van der Waals surface area contributed by atoms with Crippen LogP contribution in [0.15, 0.2) is 24.7 Å². The summed E-state index contributed by atoms with van der Waals surface area (Å²) >= 11 is 0. The number of hydrogen-bond donors (Lipinski definition) is 1. The number of alkyl halides is 3. The second-order valence-corrected chi connectivity index (χ2v) is 4.96. The van der Waals surface area contributed by atoms with Crippen molar-refractivity contribution in [3.63, 3.8) is 0 Å². The third-order valence-corrected chi connectivity index (χ3v) is 3.49. The van der Waals surface area contributed by atoms with E-state index in [9.17, 15) is 18.0 Å². The van der Waals surface area contributed by atoms with Gasteiger partial charge in [0.25, 0.3) is 0 Å². The Morgan fingerprint density at radius 1 is 1.41 bits per heavy atom. The lowest BCUT2D eigenvalue weighted by atomic mass is 9.91. The molecule has 0 aliphatic heterocycles. The van der Waals surface area contributed by atoms with Crippen LogP contribution in [0.3, 0.4) is 0 Å². The normalized spacial score (nSPS) is 13.4. The number of halogens is 3. The van der Waals surface area contributed by atoms with Crippen molar-refractivity contribution in [3.8, 4) is 17.0 Å². The van der Waals surface area contributed by atoms with Gasteiger partial charge in [0, 0.05) is 29.7 Å². The van der Waals surface area contributed by atoms with E-state index in [1.807, 2.05) is 0 Å². The molecule has 8 heteroatoms. The Labute approximate surface area is 123 Å². The summed E-state index contributed by atoms with van der Waals surface area (Å²) in [6.07, 6.45) is -0.784. The van der Waals surface area contributed by atoms with Crippen molar-refractivity contribution in [1.82, 2.24) is 9.55 Å². The van der Waals surface area contributed by atoms with Gasteiger partial charge in [0.05, 0.1) is 5.69 Å². The van der Waals surface area contributed by atoms with Crippen LogP contribution in [0.2, 0.25) is 0 Å². The minimum Gasteiger partial charge on any atom is -0.449 e. The summed E-state index contributed by atoms with van der Waals surface area (Å²) in [5.41, 5.74) is 2.28. The third kappa shape index (κ3) is 2.63.